The highest BCUT2D eigenvalue weighted by Gasteiger charge is 2.48. The summed E-state index contributed by atoms with van der Waals surface area (Å²) in [4.78, 5) is 16.9. The van der Waals surface area contributed by atoms with Crippen LogP contribution in [0.1, 0.15) is 18.4 Å². The first-order chi connectivity index (χ1) is 12.9. The number of sulfone groups is 1. The van der Waals surface area contributed by atoms with Gasteiger partial charge in [0.15, 0.2) is 14.6 Å². The standard InChI is InChI=1S/C19H23N3O4S/c1-27(24,25)19(7-10-20-11-8-19)18(23)22-16-5-2-6-17(12-16)26-14-15-4-3-9-21-13-15/h2-6,9,12-13,20H,7-8,10-11,14H2,1H3,(H,22,23). The van der Waals surface area contributed by atoms with Gasteiger partial charge in [0.1, 0.15) is 12.4 Å². The minimum atomic E-state index is -3.55. The zero-order valence-corrected chi connectivity index (χ0v) is 16.0. The van der Waals surface area contributed by atoms with Crippen LogP contribution in [-0.2, 0) is 21.2 Å². The lowest BCUT2D eigenvalue weighted by Crippen LogP contribution is -2.55. The average molecular weight is 389 g/mol. The molecule has 27 heavy (non-hydrogen) atoms. The smallest absolute Gasteiger partial charge is 0.245 e. The van der Waals surface area contributed by atoms with E-state index in [2.05, 4.69) is 15.6 Å². The van der Waals surface area contributed by atoms with Gasteiger partial charge in [-0.2, -0.15) is 0 Å². The number of pyridine rings is 1. The molecule has 0 atom stereocenters. The molecule has 2 aromatic rings. The van der Waals surface area contributed by atoms with E-state index in [0.29, 0.717) is 31.1 Å². The molecule has 1 aromatic carbocycles. The van der Waals surface area contributed by atoms with Crippen LogP contribution in [-0.4, -0.2) is 43.4 Å². The Kier molecular flexibility index (Phi) is 5.76. The molecule has 3 rings (SSSR count). The molecule has 0 unspecified atom stereocenters. The Labute approximate surface area is 159 Å². The number of carbonyl (C=O) groups excluding carboxylic acids is 1. The first kappa shape index (κ1) is 19.3. The summed E-state index contributed by atoms with van der Waals surface area (Å²) in [6, 6.07) is 10.7. The lowest BCUT2D eigenvalue weighted by atomic mass is 9.95. The molecule has 0 radical (unpaired) electrons. The van der Waals surface area contributed by atoms with Crippen LogP contribution in [0.15, 0.2) is 48.8 Å². The third kappa shape index (κ3) is 4.45. The van der Waals surface area contributed by atoms with E-state index in [0.717, 1.165) is 11.8 Å². The molecule has 8 heteroatoms. The molecule has 1 aliphatic heterocycles. The van der Waals surface area contributed by atoms with Gasteiger partial charge in [-0.3, -0.25) is 9.78 Å². The van der Waals surface area contributed by atoms with E-state index in [1.807, 2.05) is 12.1 Å². The molecule has 1 amide bonds. The maximum Gasteiger partial charge on any atom is 0.245 e. The fourth-order valence-corrected chi connectivity index (χ4v) is 4.49. The maximum atomic E-state index is 12.9. The van der Waals surface area contributed by atoms with Crippen LogP contribution in [0.2, 0.25) is 0 Å². The minimum Gasteiger partial charge on any atom is -0.489 e. The lowest BCUT2D eigenvalue weighted by Gasteiger charge is -2.34. The number of nitrogens with zero attached hydrogens (tertiary/aromatic N) is 1. The van der Waals surface area contributed by atoms with Gasteiger partial charge in [-0.15, -0.1) is 0 Å². The van der Waals surface area contributed by atoms with Crippen molar-refractivity contribution >= 4 is 21.4 Å². The molecule has 1 fully saturated rings. The van der Waals surface area contributed by atoms with Gasteiger partial charge in [-0.25, -0.2) is 8.42 Å². The monoisotopic (exact) mass is 389 g/mol. The largest absolute Gasteiger partial charge is 0.489 e. The average Bonchev–Trinajstić information content (AvgIpc) is 2.67. The molecular weight excluding hydrogens is 366 g/mol. The molecule has 0 bridgehead atoms. The number of nitrogens with one attached hydrogen (secondary N) is 2. The first-order valence-electron chi connectivity index (χ1n) is 8.74. The van der Waals surface area contributed by atoms with Gasteiger partial charge in [-0.1, -0.05) is 12.1 Å². The van der Waals surface area contributed by atoms with Gasteiger partial charge < -0.3 is 15.4 Å². The van der Waals surface area contributed by atoms with Gasteiger partial charge >= 0.3 is 0 Å². The number of aromatic nitrogens is 1. The van der Waals surface area contributed by atoms with Crippen LogP contribution < -0.4 is 15.4 Å². The Hall–Kier alpha value is -2.45. The fourth-order valence-electron chi connectivity index (χ4n) is 3.16. The molecule has 144 valence electrons. The van der Waals surface area contributed by atoms with Crippen molar-refractivity contribution in [2.45, 2.75) is 24.2 Å². The van der Waals surface area contributed by atoms with E-state index in [4.69, 9.17) is 4.74 Å². The Balaban J connectivity index is 1.72. The van der Waals surface area contributed by atoms with Crippen LogP contribution in [0.5, 0.6) is 5.75 Å². The topological polar surface area (TPSA) is 97.4 Å². The van der Waals surface area contributed by atoms with Crippen molar-refractivity contribution in [2.24, 2.45) is 0 Å². The van der Waals surface area contributed by atoms with Gasteiger partial charge in [-0.05, 0) is 44.1 Å². The third-order valence-corrected chi connectivity index (χ3v) is 6.77. The molecule has 1 saturated heterocycles. The molecule has 7 nitrogen and oxygen atoms in total. The van der Waals surface area contributed by atoms with Crippen LogP contribution in [0.4, 0.5) is 5.69 Å². The Bertz CT molecular complexity index is 894. The number of piperidine rings is 1. The van der Waals surface area contributed by atoms with Crippen LogP contribution in [0, 0.1) is 0 Å². The summed E-state index contributed by atoms with van der Waals surface area (Å²) in [6.07, 6.45) is 5.06. The SMILES string of the molecule is CS(=O)(=O)C1(C(=O)Nc2cccc(OCc3cccnc3)c2)CCNCC1. The molecule has 2 N–H and O–H groups in total. The predicted molar refractivity (Wildman–Crippen MR) is 103 cm³/mol. The lowest BCUT2D eigenvalue weighted by molar-refractivity contribution is -0.119. The predicted octanol–water partition coefficient (Wildman–Crippen LogP) is 1.77. The second kappa shape index (κ2) is 8.06. The zero-order chi connectivity index (χ0) is 19.3. The van der Waals surface area contributed by atoms with Crippen molar-refractivity contribution in [3.05, 3.63) is 54.4 Å². The molecule has 0 spiro atoms. The van der Waals surface area contributed by atoms with E-state index in [-0.39, 0.29) is 12.8 Å². The van der Waals surface area contributed by atoms with Gasteiger partial charge in [0.25, 0.3) is 0 Å². The third-order valence-electron chi connectivity index (χ3n) is 4.76. The van der Waals surface area contributed by atoms with Crippen LogP contribution >= 0.6 is 0 Å². The quantitative estimate of drug-likeness (QED) is 0.781. The molecule has 1 aliphatic rings. The van der Waals surface area contributed by atoms with Crippen molar-refractivity contribution in [3.8, 4) is 5.75 Å². The highest BCUT2D eigenvalue weighted by molar-refractivity contribution is 7.92. The van der Waals surface area contributed by atoms with E-state index in [1.165, 1.54) is 0 Å². The number of hydrogen-bond donors (Lipinski definition) is 2. The molecule has 2 heterocycles. The highest BCUT2D eigenvalue weighted by atomic mass is 32.2. The first-order valence-corrected chi connectivity index (χ1v) is 10.6. The van der Waals surface area contributed by atoms with Gasteiger partial charge in [0.2, 0.25) is 5.91 Å². The normalized spacial score (nSPS) is 16.5. The van der Waals surface area contributed by atoms with Crippen LogP contribution in [0.3, 0.4) is 0 Å². The van der Waals surface area contributed by atoms with Crippen molar-refractivity contribution in [2.75, 3.05) is 24.7 Å². The van der Waals surface area contributed by atoms with Crippen molar-refractivity contribution in [1.82, 2.24) is 10.3 Å². The number of ether oxygens (including phenoxy) is 1. The van der Waals surface area contributed by atoms with Gasteiger partial charge in [0, 0.05) is 36.0 Å². The summed E-state index contributed by atoms with van der Waals surface area (Å²) >= 11 is 0. The van der Waals surface area contributed by atoms with E-state index < -0.39 is 20.5 Å². The molecule has 1 aromatic heterocycles. The Morgan fingerprint density at radius 3 is 2.70 bits per heavy atom. The van der Waals surface area contributed by atoms with Crippen molar-refractivity contribution < 1.29 is 17.9 Å². The minimum absolute atomic E-state index is 0.259. The van der Waals surface area contributed by atoms with E-state index >= 15 is 0 Å². The highest BCUT2D eigenvalue weighted by Crippen LogP contribution is 2.30. The number of carbonyl (C=O) groups is 1. The number of anilines is 1. The van der Waals surface area contributed by atoms with E-state index in [9.17, 15) is 13.2 Å². The number of rotatable bonds is 6. The molecular formula is C19H23N3O4S. The summed E-state index contributed by atoms with van der Waals surface area (Å²) < 4.78 is 29.0. The second-order valence-electron chi connectivity index (χ2n) is 6.65. The maximum absolute atomic E-state index is 12.9. The van der Waals surface area contributed by atoms with Crippen molar-refractivity contribution in [1.29, 1.82) is 0 Å². The number of hydrogen-bond acceptors (Lipinski definition) is 6. The van der Waals surface area contributed by atoms with E-state index in [1.54, 1.807) is 36.7 Å². The van der Waals surface area contributed by atoms with Gasteiger partial charge in [0.05, 0.1) is 0 Å². The fraction of sp³-hybridized carbons (Fsp3) is 0.368. The summed E-state index contributed by atoms with van der Waals surface area (Å²) in [5.74, 6) is 0.0891. The zero-order valence-electron chi connectivity index (χ0n) is 15.1. The molecule has 0 saturated carbocycles. The number of amides is 1. The summed E-state index contributed by atoms with van der Waals surface area (Å²) in [7, 11) is -3.55. The summed E-state index contributed by atoms with van der Waals surface area (Å²) in [6.45, 7) is 1.34. The second-order valence-corrected chi connectivity index (χ2v) is 8.97. The Morgan fingerprint density at radius 1 is 1.26 bits per heavy atom. The molecule has 0 aliphatic carbocycles. The van der Waals surface area contributed by atoms with Crippen molar-refractivity contribution in [3.63, 3.8) is 0 Å². The summed E-state index contributed by atoms with van der Waals surface area (Å²) in [5, 5.41) is 5.86. The number of benzene rings is 1. The Morgan fingerprint density at radius 2 is 2.04 bits per heavy atom. The van der Waals surface area contributed by atoms with Crippen LogP contribution in [0.25, 0.3) is 0 Å². The summed E-state index contributed by atoms with van der Waals surface area (Å²) in [5.41, 5.74) is 1.43.